The third kappa shape index (κ3) is 7.39. The minimum atomic E-state index is -1.47. The maximum absolute atomic E-state index is 10.3. The maximum atomic E-state index is 10.3. The Hall–Kier alpha value is -0.502. The second-order valence-corrected chi connectivity index (χ2v) is 1.93. The molecule has 5 heteroatoms. The average Bonchev–Trinajstić information content (AvgIpc) is 1.82. The van der Waals surface area contributed by atoms with E-state index in [1.165, 1.54) is 6.92 Å². The van der Waals surface area contributed by atoms with Crippen molar-refractivity contribution in [2.24, 2.45) is 0 Å². The fraction of sp³-hybridized carbons (Fsp3) is 0.500. The van der Waals surface area contributed by atoms with Crippen molar-refractivity contribution in [2.45, 2.75) is 19.8 Å². The number of carbonyl (C=O) groups excluding carboxylic acids is 2. The Morgan fingerprint density at radius 1 is 1.18 bits per heavy atom. The summed E-state index contributed by atoms with van der Waals surface area (Å²) >= 11 is 0. The van der Waals surface area contributed by atoms with Crippen molar-refractivity contribution in [1.29, 1.82) is 0 Å². The number of Topliss-reactive ketones (excluding diaryl/α,β-unsaturated/α-hetero) is 2. The van der Waals surface area contributed by atoms with Gasteiger partial charge < -0.3 is 9.90 Å². The molecule has 0 aliphatic heterocycles. The van der Waals surface area contributed by atoms with Crippen LogP contribution in [-0.4, -0.2) is 22.6 Å². The molecule has 4 nitrogen and oxygen atoms in total. The van der Waals surface area contributed by atoms with Gasteiger partial charge in [0, 0.05) is 33.9 Å². The van der Waals surface area contributed by atoms with Gasteiger partial charge in [0.25, 0.3) is 0 Å². The summed E-state index contributed by atoms with van der Waals surface area (Å²) in [5.74, 6) is -2.55. The van der Waals surface area contributed by atoms with Crippen LogP contribution < -0.4 is 0 Å². The van der Waals surface area contributed by atoms with E-state index >= 15 is 0 Å². The first-order valence-electron chi connectivity index (χ1n) is 2.79. The Morgan fingerprint density at radius 2 is 1.64 bits per heavy atom. The second-order valence-electron chi connectivity index (χ2n) is 1.93. The Labute approximate surface area is 78.2 Å². The smallest absolute Gasteiger partial charge is 0.372 e. The van der Waals surface area contributed by atoms with Crippen molar-refractivity contribution in [1.82, 2.24) is 0 Å². The predicted octanol–water partition coefficient (Wildman–Crippen LogP) is 0.00680. The molecular weight excluding hydrogens is 331 g/mol. The number of carboxylic acid groups (broad SMARTS) is 1. The topological polar surface area (TPSA) is 71.4 Å². The number of carboxylic acids is 1. The van der Waals surface area contributed by atoms with E-state index in [-0.39, 0.29) is 39.7 Å². The Morgan fingerprint density at radius 3 is 1.91 bits per heavy atom. The molecule has 0 saturated carbocycles. The SMILES string of the molecule is CC(=O)CCC(=O)C(=O)O.[Pt]. The minimum Gasteiger partial charge on any atom is -0.476 e. The van der Waals surface area contributed by atoms with Gasteiger partial charge in [-0.3, -0.25) is 4.79 Å². The molecule has 0 rings (SSSR count). The van der Waals surface area contributed by atoms with E-state index < -0.39 is 11.8 Å². The first kappa shape index (κ1) is 13.1. The van der Waals surface area contributed by atoms with Gasteiger partial charge in [0.15, 0.2) is 0 Å². The molecule has 66 valence electrons. The third-order valence-electron chi connectivity index (χ3n) is 0.943. The standard InChI is InChI=1S/C6H8O4.Pt/c1-4(7)2-3-5(8)6(9)10;/h2-3H2,1H3,(H,9,10);. The van der Waals surface area contributed by atoms with Gasteiger partial charge in [-0.1, -0.05) is 0 Å². The number of aliphatic carboxylic acids is 1. The van der Waals surface area contributed by atoms with E-state index in [0.717, 1.165) is 0 Å². The van der Waals surface area contributed by atoms with E-state index in [2.05, 4.69) is 0 Å². The van der Waals surface area contributed by atoms with Crippen LogP contribution in [0.5, 0.6) is 0 Å². The number of hydrogen-bond acceptors (Lipinski definition) is 3. The van der Waals surface area contributed by atoms with Crippen molar-refractivity contribution < 1.29 is 40.6 Å². The summed E-state index contributed by atoms with van der Waals surface area (Å²) in [5, 5.41) is 8.03. The zero-order valence-electron chi connectivity index (χ0n) is 5.90. The van der Waals surface area contributed by atoms with Crippen molar-refractivity contribution in [3.8, 4) is 0 Å². The summed E-state index contributed by atoms with van der Waals surface area (Å²) < 4.78 is 0. The van der Waals surface area contributed by atoms with Crippen LogP contribution in [0, 0.1) is 0 Å². The largest absolute Gasteiger partial charge is 0.476 e. The van der Waals surface area contributed by atoms with Crippen LogP contribution in [0.1, 0.15) is 19.8 Å². The quantitative estimate of drug-likeness (QED) is 0.733. The fourth-order valence-corrected chi connectivity index (χ4v) is 0.396. The van der Waals surface area contributed by atoms with E-state index in [4.69, 9.17) is 5.11 Å². The van der Waals surface area contributed by atoms with Gasteiger partial charge in [-0.15, -0.1) is 0 Å². The number of carbonyl (C=O) groups is 3. The molecule has 0 saturated heterocycles. The van der Waals surface area contributed by atoms with Crippen molar-refractivity contribution >= 4 is 17.5 Å². The number of rotatable bonds is 4. The normalized spacial score (nSPS) is 8.09. The molecular formula is C6H8O4Pt. The molecule has 0 fully saturated rings. The summed E-state index contributed by atoms with van der Waals surface area (Å²) in [7, 11) is 0. The molecule has 0 aliphatic carbocycles. The number of hydrogen-bond donors (Lipinski definition) is 1. The van der Waals surface area contributed by atoms with Gasteiger partial charge in [0.2, 0.25) is 5.78 Å². The van der Waals surface area contributed by atoms with E-state index in [9.17, 15) is 14.4 Å². The summed E-state index contributed by atoms with van der Waals surface area (Å²) in [6.45, 7) is 1.31. The summed E-state index contributed by atoms with van der Waals surface area (Å²) in [4.78, 5) is 30.4. The van der Waals surface area contributed by atoms with Crippen molar-refractivity contribution in [3.05, 3.63) is 0 Å². The van der Waals surface area contributed by atoms with E-state index in [1.54, 1.807) is 0 Å². The molecule has 0 heterocycles. The monoisotopic (exact) mass is 339 g/mol. The van der Waals surface area contributed by atoms with Crippen molar-refractivity contribution in [2.75, 3.05) is 0 Å². The molecule has 11 heavy (non-hydrogen) atoms. The maximum Gasteiger partial charge on any atom is 0.372 e. The first-order valence-corrected chi connectivity index (χ1v) is 2.79. The van der Waals surface area contributed by atoms with Gasteiger partial charge in [-0.05, 0) is 6.92 Å². The fourth-order valence-electron chi connectivity index (χ4n) is 0.396. The average molecular weight is 339 g/mol. The van der Waals surface area contributed by atoms with Gasteiger partial charge in [0.1, 0.15) is 5.78 Å². The molecule has 0 radical (unpaired) electrons. The molecule has 0 spiro atoms. The van der Waals surface area contributed by atoms with E-state index in [1.807, 2.05) is 0 Å². The third-order valence-corrected chi connectivity index (χ3v) is 0.943. The number of ketones is 2. The van der Waals surface area contributed by atoms with Gasteiger partial charge in [0.05, 0.1) is 0 Å². The summed E-state index contributed by atoms with van der Waals surface area (Å²) in [6.07, 6.45) is -0.171. The van der Waals surface area contributed by atoms with Gasteiger partial charge >= 0.3 is 5.97 Å². The molecule has 0 unspecified atom stereocenters. The zero-order chi connectivity index (χ0) is 8.15. The van der Waals surface area contributed by atoms with Crippen LogP contribution in [0.3, 0.4) is 0 Å². The van der Waals surface area contributed by atoms with Gasteiger partial charge in [-0.2, -0.15) is 0 Å². The molecule has 1 N–H and O–H groups in total. The molecule has 0 bridgehead atoms. The molecule has 0 amide bonds. The Bertz CT molecular complexity index is 175. The Balaban J connectivity index is 0. The Kier molecular flexibility index (Phi) is 7.42. The van der Waals surface area contributed by atoms with Crippen LogP contribution in [0.2, 0.25) is 0 Å². The molecule has 0 aromatic rings. The summed E-state index contributed by atoms with van der Waals surface area (Å²) in [6, 6.07) is 0. The van der Waals surface area contributed by atoms with Crippen LogP contribution in [0.25, 0.3) is 0 Å². The minimum absolute atomic E-state index is 0. The molecule has 0 aliphatic rings. The van der Waals surface area contributed by atoms with Crippen LogP contribution in [0.4, 0.5) is 0 Å². The molecule has 0 aromatic carbocycles. The van der Waals surface area contributed by atoms with Gasteiger partial charge in [-0.25, -0.2) is 4.79 Å². The second kappa shape index (κ2) is 6.22. The van der Waals surface area contributed by atoms with Crippen LogP contribution >= 0.6 is 0 Å². The molecule has 0 aromatic heterocycles. The predicted molar refractivity (Wildman–Crippen MR) is 32.6 cm³/mol. The summed E-state index contributed by atoms with van der Waals surface area (Å²) in [5.41, 5.74) is 0. The van der Waals surface area contributed by atoms with Crippen molar-refractivity contribution in [3.63, 3.8) is 0 Å². The zero-order valence-corrected chi connectivity index (χ0v) is 8.17. The van der Waals surface area contributed by atoms with E-state index in [0.29, 0.717) is 0 Å². The first-order chi connectivity index (χ1) is 4.54. The van der Waals surface area contributed by atoms with Crippen LogP contribution in [0.15, 0.2) is 0 Å². The molecule has 0 atom stereocenters. The van der Waals surface area contributed by atoms with Crippen LogP contribution in [-0.2, 0) is 35.4 Å².